The summed E-state index contributed by atoms with van der Waals surface area (Å²) < 4.78 is 6.89. The van der Waals surface area contributed by atoms with Gasteiger partial charge in [0.25, 0.3) is 0 Å². The second-order valence-corrected chi connectivity index (χ2v) is 5.42. The van der Waals surface area contributed by atoms with Crippen LogP contribution in [0.25, 0.3) is 16.9 Å². The van der Waals surface area contributed by atoms with Crippen molar-refractivity contribution in [2.45, 2.75) is 6.42 Å². The first-order valence-electron chi connectivity index (χ1n) is 7.27. The summed E-state index contributed by atoms with van der Waals surface area (Å²) in [6.07, 6.45) is 0.600. The molecule has 114 valence electrons. The summed E-state index contributed by atoms with van der Waals surface area (Å²) in [5, 5.41) is 13.8. The van der Waals surface area contributed by atoms with E-state index in [1.165, 1.54) is 0 Å². The standard InChI is InChI=1S/C18H14N2O3/c1-23-13-8-6-12(7-9-13)20-17-14-5-3-2-4-11(14)10-15(17)16(19-20)18(21)22/h2-9H,10H2,1H3,(H,21,22). The van der Waals surface area contributed by atoms with Crippen molar-refractivity contribution in [3.63, 3.8) is 0 Å². The minimum atomic E-state index is -0.999. The Balaban J connectivity index is 1.95. The van der Waals surface area contributed by atoms with Gasteiger partial charge in [-0.2, -0.15) is 5.10 Å². The number of hydrogen-bond donors (Lipinski definition) is 1. The van der Waals surface area contributed by atoms with Crippen LogP contribution in [-0.4, -0.2) is 28.0 Å². The van der Waals surface area contributed by atoms with Gasteiger partial charge in [-0.05, 0) is 29.8 Å². The van der Waals surface area contributed by atoms with E-state index in [0.29, 0.717) is 6.42 Å². The van der Waals surface area contributed by atoms with E-state index in [4.69, 9.17) is 4.74 Å². The van der Waals surface area contributed by atoms with Gasteiger partial charge < -0.3 is 9.84 Å². The van der Waals surface area contributed by atoms with E-state index in [0.717, 1.165) is 33.8 Å². The van der Waals surface area contributed by atoms with Crippen molar-refractivity contribution in [2.24, 2.45) is 0 Å². The van der Waals surface area contributed by atoms with Crippen LogP contribution in [0.1, 0.15) is 21.6 Å². The molecule has 0 radical (unpaired) electrons. The van der Waals surface area contributed by atoms with Gasteiger partial charge in [0, 0.05) is 17.5 Å². The first-order chi connectivity index (χ1) is 11.2. The lowest BCUT2D eigenvalue weighted by Gasteiger charge is -2.08. The molecule has 1 heterocycles. The Bertz CT molecular complexity index is 911. The lowest BCUT2D eigenvalue weighted by Crippen LogP contribution is -2.04. The zero-order chi connectivity index (χ0) is 16.0. The first-order valence-corrected chi connectivity index (χ1v) is 7.27. The van der Waals surface area contributed by atoms with Gasteiger partial charge in [0.05, 0.1) is 18.5 Å². The number of fused-ring (bicyclic) bond motifs is 3. The number of hydrogen-bond acceptors (Lipinski definition) is 3. The van der Waals surface area contributed by atoms with E-state index in [1.54, 1.807) is 11.8 Å². The minimum Gasteiger partial charge on any atom is -0.497 e. The van der Waals surface area contributed by atoms with Crippen LogP contribution >= 0.6 is 0 Å². The lowest BCUT2D eigenvalue weighted by atomic mass is 10.1. The van der Waals surface area contributed by atoms with Crippen LogP contribution in [0, 0.1) is 0 Å². The van der Waals surface area contributed by atoms with E-state index in [-0.39, 0.29) is 5.69 Å². The monoisotopic (exact) mass is 306 g/mol. The van der Waals surface area contributed by atoms with Gasteiger partial charge >= 0.3 is 5.97 Å². The van der Waals surface area contributed by atoms with Gasteiger partial charge in [-0.3, -0.25) is 0 Å². The topological polar surface area (TPSA) is 64.4 Å². The summed E-state index contributed by atoms with van der Waals surface area (Å²) in [6.45, 7) is 0. The average Bonchev–Trinajstić information content (AvgIpc) is 3.12. The third-order valence-electron chi connectivity index (χ3n) is 4.14. The van der Waals surface area contributed by atoms with E-state index < -0.39 is 5.97 Å². The largest absolute Gasteiger partial charge is 0.497 e. The zero-order valence-electron chi connectivity index (χ0n) is 12.5. The quantitative estimate of drug-likeness (QED) is 0.631. The fourth-order valence-corrected chi connectivity index (χ4v) is 3.07. The SMILES string of the molecule is COc1ccc(-n2nc(C(=O)O)c3c2-c2ccccc2C3)cc1. The van der Waals surface area contributed by atoms with Crippen molar-refractivity contribution in [1.29, 1.82) is 0 Å². The van der Waals surface area contributed by atoms with Crippen molar-refractivity contribution in [1.82, 2.24) is 9.78 Å². The number of aromatic nitrogens is 2. The van der Waals surface area contributed by atoms with Gasteiger partial charge in [0.15, 0.2) is 5.69 Å². The summed E-state index contributed by atoms with van der Waals surface area (Å²) in [5.74, 6) is -0.252. The molecule has 0 spiro atoms. The van der Waals surface area contributed by atoms with Gasteiger partial charge in [-0.15, -0.1) is 0 Å². The molecule has 0 atom stereocenters. The Kier molecular flexibility index (Phi) is 2.94. The van der Waals surface area contributed by atoms with Crippen molar-refractivity contribution in [2.75, 3.05) is 7.11 Å². The summed E-state index contributed by atoms with van der Waals surface area (Å²) in [5.41, 5.74) is 4.74. The summed E-state index contributed by atoms with van der Waals surface area (Å²) in [4.78, 5) is 11.6. The molecule has 0 fully saturated rings. The minimum absolute atomic E-state index is 0.118. The number of carbonyl (C=O) groups is 1. The maximum Gasteiger partial charge on any atom is 0.356 e. The predicted molar refractivity (Wildman–Crippen MR) is 85.3 cm³/mol. The highest BCUT2D eigenvalue weighted by Gasteiger charge is 2.30. The number of rotatable bonds is 3. The van der Waals surface area contributed by atoms with Crippen LogP contribution in [0.15, 0.2) is 48.5 Å². The fraction of sp³-hybridized carbons (Fsp3) is 0.111. The second-order valence-electron chi connectivity index (χ2n) is 5.42. The van der Waals surface area contributed by atoms with Crippen LogP contribution < -0.4 is 4.74 Å². The highest BCUT2D eigenvalue weighted by molar-refractivity contribution is 5.92. The van der Waals surface area contributed by atoms with Crippen LogP contribution in [0.2, 0.25) is 0 Å². The van der Waals surface area contributed by atoms with Gasteiger partial charge in [-0.1, -0.05) is 24.3 Å². The fourth-order valence-electron chi connectivity index (χ4n) is 3.07. The number of methoxy groups -OCH3 is 1. The molecule has 1 aliphatic rings. The zero-order valence-corrected chi connectivity index (χ0v) is 12.5. The molecule has 0 unspecified atom stereocenters. The summed E-state index contributed by atoms with van der Waals surface area (Å²) >= 11 is 0. The molecule has 3 aromatic rings. The Morgan fingerprint density at radius 3 is 2.61 bits per heavy atom. The van der Waals surface area contributed by atoms with Crippen molar-refractivity contribution < 1.29 is 14.6 Å². The molecule has 1 aliphatic carbocycles. The highest BCUT2D eigenvalue weighted by atomic mass is 16.5. The van der Waals surface area contributed by atoms with Gasteiger partial charge in [-0.25, -0.2) is 9.48 Å². The second kappa shape index (κ2) is 4.98. The predicted octanol–water partition coefficient (Wildman–Crippen LogP) is 3.15. The number of nitrogens with zero attached hydrogens (tertiary/aromatic N) is 2. The third-order valence-corrected chi connectivity index (χ3v) is 4.14. The molecule has 4 rings (SSSR count). The molecule has 5 heteroatoms. The molecule has 23 heavy (non-hydrogen) atoms. The molecule has 0 amide bonds. The molecule has 1 aromatic heterocycles. The molecule has 5 nitrogen and oxygen atoms in total. The molecule has 0 saturated heterocycles. The first kappa shape index (κ1) is 13.6. The van der Waals surface area contributed by atoms with Crippen LogP contribution in [0.5, 0.6) is 5.75 Å². The molecular formula is C18H14N2O3. The van der Waals surface area contributed by atoms with E-state index >= 15 is 0 Å². The molecule has 0 bridgehead atoms. The van der Waals surface area contributed by atoms with Crippen molar-refractivity contribution in [3.8, 4) is 22.7 Å². The van der Waals surface area contributed by atoms with Gasteiger partial charge in [0.1, 0.15) is 5.75 Å². The van der Waals surface area contributed by atoms with E-state index in [2.05, 4.69) is 5.10 Å². The van der Waals surface area contributed by atoms with Crippen molar-refractivity contribution in [3.05, 3.63) is 65.4 Å². The Hall–Kier alpha value is -3.08. The Labute approximate surface area is 132 Å². The molecule has 2 aromatic carbocycles. The summed E-state index contributed by atoms with van der Waals surface area (Å²) in [7, 11) is 1.61. The van der Waals surface area contributed by atoms with Crippen LogP contribution in [-0.2, 0) is 6.42 Å². The normalized spacial score (nSPS) is 11.9. The third kappa shape index (κ3) is 2.01. The maximum absolute atomic E-state index is 11.6. The highest BCUT2D eigenvalue weighted by Crippen LogP contribution is 2.39. The number of aromatic carboxylic acids is 1. The number of carboxylic acid groups (broad SMARTS) is 1. The van der Waals surface area contributed by atoms with E-state index in [9.17, 15) is 9.90 Å². The molecule has 0 aliphatic heterocycles. The average molecular weight is 306 g/mol. The van der Waals surface area contributed by atoms with Gasteiger partial charge in [0.2, 0.25) is 0 Å². The molecule has 1 N–H and O–H groups in total. The molecule has 0 saturated carbocycles. The molecular weight excluding hydrogens is 292 g/mol. The maximum atomic E-state index is 11.6. The smallest absolute Gasteiger partial charge is 0.356 e. The Morgan fingerprint density at radius 1 is 1.17 bits per heavy atom. The Morgan fingerprint density at radius 2 is 1.91 bits per heavy atom. The van der Waals surface area contributed by atoms with E-state index in [1.807, 2.05) is 48.5 Å². The lowest BCUT2D eigenvalue weighted by molar-refractivity contribution is 0.0689. The van der Waals surface area contributed by atoms with Crippen LogP contribution in [0.4, 0.5) is 0 Å². The number of carboxylic acids is 1. The number of benzene rings is 2. The number of ether oxygens (including phenoxy) is 1. The van der Waals surface area contributed by atoms with Crippen LogP contribution in [0.3, 0.4) is 0 Å². The summed E-state index contributed by atoms with van der Waals surface area (Å²) in [6, 6.07) is 15.4. The van der Waals surface area contributed by atoms with Crippen molar-refractivity contribution >= 4 is 5.97 Å².